The van der Waals surface area contributed by atoms with E-state index >= 15 is 0 Å². The average Bonchev–Trinajstić information content (AvgIpc) is 3.17. The molecule has 178 valence electrons. The van der Waals surface area contributed by atoms with E-state index in [4.69, 9.17) is 30.5 Å². The fraction of sp³-hybridized carbons (Fsp3) is 0.222. The SMILES string of the molecule is Cc1cc2c(c3c1C(=O)/C(=C/c1cc(Br)cc4c1OCOC4)O3)CN(Cc1ccccc1Cl)CO2. The summed E-state index contributed by atoms with van der Waals surface area (Å²) in [6.45, 7) is 4.16. The van der Waals surface area contributed by atoms with Gasteiger partial charge in [0, 0.05) is 33.7 Å². The number of aryl methyl sites for hydroxylation is 1. The van der Waals surface area contributed by atoms with Gasteiger partial charge in [0.15, 0.2) is 12.6 Å². The molecule has 0 atom stereocenters. The average molecular weight is 555 g/mol. The van der Waals surface area contributed by atoms with Crippen LogP contribution in [0.5, 0.6) is 17.2 Å². The van der Waals surface area contributed by atoms with Crippen molar-refractivity contribution in [2.75, 3.05) is 13.5 Å². The largest absolute Gasteiger partial charge is 0.478 e. The first-order valence-electron chi connectivity index (χ1n) is 11.2. The topological polar surface area (TPSA) is 57.2 Å². The summed E-state index contributed by atoms with van der Waals surface area (Å²) >= 11 is 9.91. The van der Waals surface area contributed by atoms with Crippen molar-refractivity contribution in [3.63, 3.8) is 0 Å². The van der Waals surface area contributed by atoms with Gasteiger partial charge >= 0.3 is 0 Å². The maximum absolute atomic E-state index is 13.4. The molecule has 0 unspecified atom stereocenters. The minimum atomic E-state index is -0.149. The number of hydrogen-bond donors (Lipinski definition) is 0. The second-order valence-electron chi connectivity index (χ2n) is 8.76. The van der Waals surface area contributed by atoms with Gasteiger partial charge in [-0.25, -0.2) is 0 Å². The molecule has 0 aromatic heterocycles. The lowest BCUT2D eigenvalue weighted by Crippen LogP contribution is -2.32. The van der Waals surface area contributed by atoms with Crippen LogP contribution < -0.4 is 14.2 Å². The first kappa shape index (κ1) is 22.6. The van der Waals surface area contributed by atoms with Crippen LogP contribution in [0.2, 0.25) is 5.02 Å². The summed E-state index contributed by atoms with van der Waals surface area (Å²) in [5, 5.41) is 0.717. The van der Waals surface area contributed by atoms with Crippen LogP contribution in [0.1, 0.15) is 38.2 Å². The fourth-order valence-electron chi connectivity index (χ4n) is 4.70. The van der Waals surface area contributed by atoms with Crippen molar-refractivity contribution >= 4 is 39.4 Å². The molecule has 0 N–H and O–H groups in total. The van der Waals surface area contributed by atoms with Crippen LogP contribution >= 0.6 is 27.5 Å². The van der Waals surface area contributed by atoms with Gasteiger partial charge in [-0.3, -0.25) is 9.69 Å². The third kappa shape index (κ3) is 4.12. The summed E-state index contributed by atoms with van der Waals surface area (Å²) < 4.78 is 24.3. The highest BCUT2D eigenvalue weighted by molar-refractivity contribution is 9.10. The van der Waals surface area contributed by atoms with Gasteiger partial charge in [-0.2, -0.15) is 0 Å². The zero-order valence-electron chi connectivity index (χ0n) is 18.9. The van der Waals surface area contributed by atoms with E-state index in [1.807, 2.05) is 49.4 Å². The molecule has 0 saturated heterocycles. The molecule has 0 radical (unpaired) electrons. The van der Waals surface area contributed by atoms with Crippen LogP contribution in [0.25, 0.3) is 6.08 Å². The molecule has 6 rings (SSSR count). The quantitative estimate of drug-likeness (QED) is 0.357. The third-order valence-corrected chi connectivity index (χ3v) is 7.16. The minimum Gasteiger partial charge on any atom is -0.478 e. The molecule has 3 heterocycles. The summed E-state index contributed by atoms with van der Waals surface area (Å²) in [5.41, 5.74) is 4.96. The van der Waals surface area contributed by atoms with E-state index < -0.39 is 0 Å². The van der Waals surface area contributed by atoms with E-state index in [0.29, 0.717) is 48.5 Å². The number of allylic oxidation sites excluding steroid dienone is 1. The van der Waals surface area contributed by atoms with Gasteiger partial charge in [0.05, 0.1) is 17.7 Å². The molecule has 3 aliphatic heterocycles. The molecule has 0 fully saturated rings. The van der Waals surface area contributed by atoms with Crippen LogP contribution in [0.3, 0.4) is 0 Å². The molecule has 6 nitrogen and oxygen atoms in total. The summed E-state index contributed by atoms with van der Waals surface area (Å²) in [4.78, 5) is 15.6. The van der Waals surface area contributed by atoms with Crippen LogP contribution in [0.15, 0.2) is 52.7 Å². The molecule has 0 aliphatic carbocycles. The molecule has 35 heavy (non-hydrogen) atoms. The second kappa shape index (κ2) is 8.99. The lowest BCUT2D eigenvalue weighted by atomic mass is 9.98. The Bertz CT molecular complexity index is 1400. The van der Waals surface area contributed by atoms with Crippen LogP contribution in [-0.2, 0) is 24.4 Å². The number of halogens is 2. The van der Waals surface area contributed by atoms with Crippen LogP contribution in [-0.4, -0.2) is 24.2 Å². The molecule has 0 amide bonds. The van der Waals surface area contributed by atoms with Crippen molar-refractivity contribution in [3.8, 4) is 17.2 Å². The number of carbonyl (C=O) groups is 1. The molecule has 8 heteroatoms. The Kier molecular flexibility index (Phi) is 5.81. The third-order valence-electron chi connectivity index (χ3n) is 6.33. The summed E-state index contributed by atoms with van der Waals surface area (Å²) in [6, 6.07) is 13.6. The first-order chi connectivity index (χ1) is 17.0. The number of benzene rings is 3. The first-order valence-corrected chi connectivity index (χ1v) is 12.4. The molecule has 3 aromatic carbocycles. The zero-order valence-corrected chi connectivity index (χ0v) is 21.2. The van der Waals surface area contributed by atoms with Crippen LogP contribution in [0, 0.1) is 6.92 Å². The number of nitrogens with zero attached hydrogens (tertiary/aromatic N) is 1. The van der Waals surface area contributed by atoms with Gasteiger partial charge in [-0.05, 0) is 48.4 Å². The summed E-state index contributed by atoms with van der Waals surface area (Å²) in [6.07, 6.45) is 1.74. The highest BCUT2D eigenvalue weighted by atomic mass is 79.9. The van der Waals surface area contributed by atoms with Crippen molar-refractivity contribution in [1.82, 2.24) is 4.90 Å². The molecule has 3 aromatic rings. The Morgan fingerprint density at radius 2 is 2.00 bits per heavy atom. The lowest BCUT2D eigenvalue weighted by molar-refractivity contribution is -0.0165. The van der Waals surface area contributed by atoms with E-state index in [1.165, 1.54) is 0 Å². The van der Waals surface area contributed by atoms with Crippen molar-refractivity contribution in [2.45, 2.75) is 26.6 Å². The second-order valence-corrected chi connectivity index (χ2v) is 10.1. The van der Waals surface area contributed by atoms with Crippen molar-refractivity contribution in [1.29, 1.82) is 0 Å². The van der Waals surface area contributed by atoms with Gasteiger partial charge in [0.25, 0.3) is 0 Å². The molecular weight excluding hydrogens is 534 g/mol. The van der Waals surface area contributed by atoms with E-state index in [9.17, 15) is 4.79 Å². The number of fused-ring (bicyclic) bond motifs is 4. The monoisotopic (exact) mass is 553 g/mol. The fourth-order valence-corrected chi connectivity index (χ4v) is 5.42. The van der Waals surface area contributed by atoms with Gasteiger partial charge in [-0.1, -0.05) is 45.7 Å². The number of hydrogen-bond acceptors (Lipinski definition) is 6. The normalized spacial score (nSPS) is 17.8. The van der Waals surface area contributed by atoms with Gasteiger partial charge in [-0.15, -0.1) is 0 Å². The van der Waals surface area contributed by atoms with Crippen molar-refractivity contribution < 1.29 is 23.7 Å². The standard InChI is InChI=1S/C27H21BrClNO5/c1-15-6-22-20(11-30(13-33-22)10-16-4-2-3-5-21(16)29)27-24(15)25(31)23(35-27)9-17-7-19(28)8-18-12-32-14-34-26(17)18/h2-9H,10-14H2,1H3/b23-9-. The Morgan fingerprint density at radius 3 is 2.86 bits per heavy atom. The Hall–Kier alpha value is -2.84. The Morgan fingerprint density at radius 1 is 1.14 bits per heavy atom. The smallest absolute Gasteiger partial charge is 0.232 e. The predicted molar refractivity (Wildman–Crippen MR) is 135 cm³/mol. The number of rotatable bonds is 3. The maximum atomic E-state index is 13.4. The molecule has 0 bridgehead atoms. The van der Waals surface area contributed by atoms with Crippen LogP contribution in [0.4, 0.5) is 0 Å². The van der Waals surface area contributed by atoms with E-state index in [1.54, 1.807) is 6.08 Å². The molecule has 0 spiro atoms. The molecular formula is C27H21BrClNO5. The highest BCUT2D eigenvalue weighted by Gasteiger charge is 2.36. The Balaban J connectivity index is 1.35. The molecule has 3 aliphatic rings. The number of ether oxygens (including phenoxy) is 4. The Labute approximate surface area is 216 Å². The predicted octanol–water partition coefficient (Wildman–Crippen LogP) is 6.25. The van der Waals surface area contributed by atoms with Gasteiger partial charge in [0.1, 0.15) is 24.0 Å². The van der Waals surface area contributed by atoms with Gasteiger partial charge < -0.3 is 18.9 Å². The number of ketones is 1. The van der Waals surface area contributed by atoms with Crippen molar-refractivity contribution in [3.05, 3.63) is 91.1 Å². The molecule has 0 saturated carbocycles. The summed E-state index contributed by atoms with van der Waals surface area (Å²) in [5.74, 6) is 2.12. The van der Waals surface area contributed by atoms with Crippen molar-refractivity contribution in [2.24, 2.45) is 0 Å². The minimum absolute atomic E-state index is 0.149. The van der Waals surface area contributed by atoms with E-state index in [-0.39, 0.29) is 18.3 Å². The zero-order chi connectivity index (χ0) is 24.1. The van der Waals surface area contributed by atoms with E-state index in [2.05, 4.69) is 20.8 Å². The summed E-state index contributed by atoms with van der Waals surface area (Å²) in [7, 11) is 0. The van der Waals surface area contributed by atoms with E-state index in [0.717, 1.165) is 38.0 Å². The maximum Gasteiger partial charge on any atom is 0.232 e. The number of carbonyl (C=O) groups excluding carboxylic acids is 1. The highest BCUT2D eigenvalue weighted by Crippen LogP contribution is 2.45. The van der Waals surface area contributed by atoms with Gasteiger partial charge in [0.2, 0.25) is 5.78 Å². The number of Topliss-reactive ketones (excluding diaryl/α,β-unsaturated/α-hetero) is 1. The lowest BCUT2D eigenvalue weighted by Gasteiger charge is -2.30.